The van der Waals surface area contributed by atoms with Crippen molar-refractivity contribution in [1.29, 1.82) is 0 Å². The van der Waals surface area contributed by atoms with Gasteiger partial charge in [-0.3, -0.25) is 0 Å². The third-order valence-corrected chi connectivity index (χ3v) is 5.86. The maximum atomic E-state index is 5.99. The van der Waals surface area contributed by atoms with E-state index in [-0.39, 0.29) is 0 Å². The monoisotopic (exact) mass is 362 g/mol. The van der Waals surface area contributed by atoms with Crippen LogP contribution in [-0.4, -0.2) is 4.98 Å². The lowest BCUT2D eigenvalue weighted by molar-refractivity contribution is 0.409. The van der Waals surface area contributed by atoms with Gasteiger partial charge in [0.1, 0.15) is 5.01 Å². The van der Waals surface area contributed by atoms with E-state index in [2.05, 4.69) is 54.2 Å². The van der Waals surface area contributed by atoms with E-state index in [0.29, 0.717) is 12.0 Å². The first-order chi connectivity index (χ1) is 11.1. The fourth-order valence-electron chi connectivity index (χ4n) is 2.52. The van der Waals surface area contributed by atoms with Crippen LogP contribution in [0.2, 0.25) is 5.02 Å². The highest BCUT2D eigenvalue weighted by Crippen LogP contribution is 2.28. The number of nitrogens with one attached hydrogen (secondary N) is 1. The average molecular weight is 363 g/mol. The van der Waals surface area contributed by atoms with Gasteiger partial charge >= 0.3 is 0 Å². The zero-order valence-electron chi connectivity index (χ0n) is 13.1. The zero-order chi connectivity index (χ0) is 16.2. The van der Waals surface area contributed by atoms with Crippen LogP contribution in [0, 0.1) is 5.92 Å². The normalized spacial score (nSPS) is 12.7. The van der Waals surface area contributed by atoms with Gasteiger partial charge in [-0.15, -0.1) is 22.7 Å². The van der Waals surface area contributed by atoms with Crippen molar-refractivity contribution in [2.75, 3.05) is 0 Å². The third kappa shape index (κ3) is 4.21. The van der Waals surface area contributed by atoms with Crippen molar-refractivity contribution in [3.63, 3.8) is 0 Å². The minimum Gasteiger partial charge on any atom is -0.304 e. The molecule has 2 nitrogen and oxygen atoms in total. The summed E-state index contributed by atoms with van der Waals surface area (Å²) in [6.07, 6.45) is 0. The van der Waals surface area contributed by atoms with Gasteiger partial charge < -0.3 is 5.32 Å². The molecule has 0 spiro atoms. The van der Waals surface area contributed by atoms with Crippen LogP contribution >= 0.6 is 34.3 Å². The van der Waals surface area contributed by atoms with Crippen LogP contribution in [0.3, 0.4) is 0 Å². The predicted molar refractivity (Wildman–Crippen MR) is 101 cm³/mol. The number of halogens is 1. The second kappa shape index (κ2) is 7.58. The van der Waals surface area contributed by atoms with Gasteiger partial charge in [0.2, 0.25) is 0 Å². The Bertz CT molecular complexity index is 733. The summed E-state index contributed by atoms with van der Waals surface area (Å²) in [6.45, 7) is 5.22. The first kappa shape index (κ1) is 16.7. The van der Waals surface area contributed by atoms with Crippen molar-refractivity contribution in [2.24, 2.45) is 5.92 Å². The molecule has 120 valence electrons. The molecule has 0 bridgehead atoms. The lowest BCUT2D eigenvalue weighted by Crippen LogP contribution is -2.25. The lowest BCUT2D eigenvalue weighted by Gasteiger charge is -2.22. The Kier molecular flexibility index (Phi) is 5.49. The van der Waals surface area contributed by atoms with E-state index in [1.807, 2.05) is 12.1 Å². The molecule has 0 saturated heterocycles. The smallest absolute Gasteiger partial charge is 0.133 e. The molecule has 0 fully saturated rings. The number of nitrogens with zero attached hydrogens (tertiary/aromatic N) is 1. The topological polar surface area (TPSA) is 24.9 Å². The summed E-state index contributed by atoms with van der Waals surface area (Å²) in [7, 11) is 0. The SMILES string of the molecule is CC(C)[C@@H](NCc1csc(-c2cccs2)n1)c1ccc(Cl)cc1. The molecular weight excluding hydrogens is 344 g/mol. The minimum atomic E-state index is 0.291. The average Bonchev–Trinajstić information content (AvgIpc) is 3.19. The van der Waals surface area contributed by atoms with E-state index in [1.54, 1.807) is 22.7 Å². The van der Waals surface area contributed by atoms with Crippen LogP contribution in [0.5, 0.6) is 0 Å². The fourth-order valence-corrected chi connectivity index (χ4v) is 4.28. The molecule has 3 aromatic rings. The molecule has 0 aliphatic carbocycles. The van der Waals surface area contributed by atoms with Gasteiger partial charge in [0.05, 0.1) is 10.6 Å². The van der Waals surface area contributed by atoms with Crippen LogP contribution in [0.1, 0.15) is 31.1 Å². The van der Waals surface area contributed by atoms with E-state index in [1.165, 1.54) is 10.4 Å². The summed E-state index contributed by atoms with van der Waals surface area (Å²) in [4.78, 5) is 5.97. The summed E-state index contributed by atoms with van der Waals surface area (Å²) in [5.41, 5.74) is 2.36. The number of thiazole rings is 1. The Hall–Kier alpha value is -1.20. The Balaban J connectivity index is 1.68. The third-order valence-electron chi connectivity index (χ3n) is 3.68. The summed E-state index contributed by atoms with van der Waals surface area (Å²) >= 11 is 9.43. The Labute approximate surface area is 150 Å². The predicted octanol–water partition coefficient (Wildman–Crippen LogP) is 6.01. The van der Waals surface area contributed by atoms with Crippen molar-refractivity contribution in [3.05, 3.63) is 63.4 Å². The number of rotatable bonds is 6. The Morgan fingerprint density at radius 1 is 1.13 bits per heavy atom. The lowest BCUT2D eigenvalue weighted by atomic mass is 9.96. The maximum absolute atomic E-state index is 5.99. The van der Waals surface area contributed by atoms with Crippen LogP contribution < -0.4 is 5.32 Å². The van der Waals surface area contributed by atoms with Gasteiger partial charge in [-0.05, 0) is 35.1 Å². The van der Waals surface area contributed by atoms with E-state index >= 15 is 0 Å². The van der Waals surface area contributed by atoms with Gasteiger partial charge in [-0.1, -0.05) is 43.6 Å². The van der Waals surface area contributed by atoms with Crippen LogP contribution in [-0.2, 0) is 6.54 Å². The summed E-state index contributed by atoms with van der Waals surface area (Å²) in [5.74, 6) is 0.492. The van der Waals surface area contributed by atoms with Crippen LogP contribution in [0.25, 0.3) is 9.88 Å². The Morgan fingerprint density at radius 2 is 1.91 bits per heavy atom. The van der Waals surface area contributed by atoms with Gasteiger partial charge in [0.15, 0.2) is 0 Å². The quantitative estimate of drug-likeness (QED) is 0.580. The van der Waals surface area contributed by atoms with Gasteiger partial charge in [-0.25, -0.2) is 4.98 Å². The van der Waals surface area contributed by atoms with Crippen LogP contribution in [0.15, 0.2) is 47.2 Å². The molecule has 1 atom stereocenters. The first-order valence-corrected chi connectivity index (χ1v) is 9.74. The molecule has 3 rings (SSSR count). The molecule has 0 radical (unpaired) electrons. The zero-order valence-corrected chi connectivity index (χ0v) is 15.5. The van der Waals surface area contributed by atoms with Crippen molar-refractivity contribution in [3.8, 4) is 9.88 Å². The van der Waals surface area contributed by atoms with E-state index in [4.69, 9.17) is 16.6 Å². The molecule has 23 heavy (non-hydrogen) atoms. The second-order valence-corrected chi connectivity index (χ2v) is 8.02. The number of benzene rings is 1. The van der Waals surface area contributed by atoms with Crippen molar-refractivity contribution >= 4 is 34.3 Å². The summed E-state index contributed by atoms with van der Waals surface area (Å²) in [5, 5.41) is 9.74. The Morgan fingerprint density at radius 3 is 2.57 bits per heavy atom. The number of thiophene rings is 1. The first-order valence-electron chi connectivity index (χ1n) is 7.60. The molecule has 0 saturated carbocycles. The van der Waals surface area contributed by atoms with Gasteiger partial charge in [0.25, 0.3) is 0 Å². The highest BCUT2D eigenvalue weighted by molar-refractivity contribution is 7.20. The van der Waals surface area contributed by atoms with E-state index < -0.39 is 0 Å². The van der Waals surface area contributed by atoms with Crippen LogP contribution in [0.4, 0.5) is 0 Å². The molecule has 0 amide bonds. The summed E-state index contributed by atoms with van der Waals surface area (Å²) in [6, 6.07) is 12.6. The van der Waals surface area contributed by atoms with Gasteiger partial charge in [-0.2, -0.15) is 0 Å². The second-order valence-electron chi connectivity index (χ2n) is 5.78. The molecule has 2 aromatic heterocycles. The van der Waals surface area contributed by atoms with E-state index in [9.17, 15) is 0 Å². The minimum absolute atomic E-state index is 0.291. The molecule has 1 N–H and O–H groups in total. The fraction of sp³-hybridized carbons (Fsp3) is 0.278. The van der Waals surface area contributed by atoms with Crippen molar-refractivity contribution < 1.29 is 0 Å². The van der Waals surface area contributed by atoms with Gasteiger partial charge in [0, 0.05) is 23.0 Å². The summed E-state index contributed by atoms with van der Waals surface area (Å²) < 4.78 is 0. The number of hydrogen-bond donors (Lipinski definition) is 1. The largest absolute Gasteiger partial charge is 0.304 e. The number of aromatic nitrogens is 1. The van der Waals surface area contributed by atoms with Crippen molar-refractivity contribution in [1.82, 2.24) is 10.3 Å². The molecule has 0 aliphatic heterocycles. The molecule has 2 heterocycles. The molecular formula is C18H19ClN2S2. The molecule has 0 aliphatic rings. The highest BCUT2D eigenvalue weighted by atomic mass is 35.5. The standard InChI is InChI=1S/C18H19ClN2S2/c1-12(2)17(13-5-7-14(19)8-6-13)20-10-15-11-23-18(21-15)16-4-3-9-22-16/h3-9,11-12,17,20H,10H2,1-2H3/t17-/m1/s1. The highest BCUT2D eigenvalue weighted by Gasteiger charge is 2.16. The maximum Gasteiger partial charge on any atom is 0.133 e. The molecule has 1 aromatic carbocycles. The molecule has 5 heteroatoms. The van der Waals surface area contributed by atoms with E-state index in [0.717, 1.165) is 22.3 Å². The van der Waals surface area contributed by atoms with Crippen molar-refractivity contribution in [2.45, 2.75) is 26.4 Å². The molecule has 0 unspecified atom stereocenters. The number of hydrogen-bond acceptors (Lipinski definition) is 4.